The number of carbonyl (C=O) groups excluding carboxylic acids is 1. The third kappa shape index (κ3) is 5.45. The topological polar surface area (TPSA) is 26.3 Å². The summed E-state index contributed by atoms with van der Waals surface area (Å²) in [4.78, 5) is 12.8. The molecule has 0 saturated carbocycles. The molecule has 0 aliphatic heterocycles. The summed E-state index contributed by atoms with van der Waals surface area (Å²) in [6.45, 7) is 19.5. The van der Waals surface area contributed by atoms with Crippen molar-refractivity contribution in [2.45, 2.75) is 78.6 Å². The summed E-state index contributed by atoms with van der Waals surface area (Å²) < 4.78 is 5.66. The van der Waals surface area contributed by atoms with Crippen LogP contribution < -0.4 is 4.74 Å². The molecule has 2 aromatic rings. The van der Waals surface area contributed by atoms with E-state index in [-0.39, 0.29) is 22.2 Å². The van der Waals surface area contributed by atoms with E-state index >= 15 is 0 Å². The Morgan fingerprint density at radius 1 is 0.630 bits per heavy atom. The van der Waals surface area contributed by atoms with Gasteiger partial charge in [-0.3, -0.25) is 0 Å². The van der Waals surface area contributed by atoms with E-state index in [0.29, 0.717) is 11.3 Å². The second kappa shape index (κ2) is 7.14. The number of hydrogen-bond acceptors (Lipinski definition) is 2. The SMILES string of the molecule is CC(C)(C)c1ccc(OC(=O)c2cc(C(C)(C)C)cc(C(C)(C)C)c2)cc1. The Morgan fingerprint density at radius 3 is 1.41 bits per heavy atom. The molecule has 0 aromatic heterocycles. The zero-order valence-electron chi connectivity index (χ0n) is 18.4. The van der Waals surface area contributed by atoms with E-state index < -0.39 is 0 Å². The maximum atomic E-state index is 12.8. The lowest BCUT2D eigenvalue weighted by Gasteiger charge is -2.26. The van der Waals surface area contributed by atoms with Crippen LogP contribution in [0.25, 0.3) is 0 Å². The van der Waals surface area contributed by atoms with Crippen LogP contribution in [0.1, 0.15) is 89.4 Å². The Morgan fingerprint density at radius 2 is 1.04 bits per heavy atom. The van der Waals surface area contributed by atoms with Gasteiger partial charge in [-0.25, -0.2) is 4.79 Å². The minimum Gasteiger partial charge on any atom is -0.423 e. The smallest absolute Gasteiger partial charge is 0.343 e. The van der Waals surface area contributed by atoms with Crippen LogP contribution in [0, 0.1) is 0 Å². The highest BCUT2D eigenvalue weighted by Gasteiger charge is 2.23. The lowest BCUT2D eigenvalue weighted by molar-refractivity contribution is 0.0734. The molecule has 0 unspecified atom stereocenters. The molecule has 0 radical (unpaired) electrons. The van der Waals surface area contributed by atoms with Gasteiger partial charge >= 0.3 is 5.97 Å². The molecular formula is C25H34O2. The molecular weight excluding hydrogens is 332 g/mol. The van der Waals surface area contributed by atoms with Crippen LogP contribution in [0.3, 0.4) is 0 Å². The first-order chi connectivity index (χ1) is 12.2. The molecule has 0 heterocycles. The average molecular weight is 367 g/mol. The highest BCUT2D eigenvalue weighted by Crippen LogP contribution is 2.31. The fourth-order valence-corrected chi connectivity index (χ4v) is 2.80. The van der Waals surface area contributed by atoms with Crippen LogP contribution in [0.15, 0.2) is 42.5 Å². The Hall–Kier alpha value is -2.09. The van der Waals surface area contributed by atoms with Crippen LogP contribution in [-0.4, -0.2) is 5.97 Å². The molecule has 146 valence electrons. The van der Waals surface area contributed by atoms with Crippen molar-refractivity contribution >= 4 is 5.97 Å². The third-order valence-electron chi connectivity index (χ3n) is 4.83. The highest BCUT2D eigenvalue weighted by molar-refractivity contribution is 5.91. The average Bonchev–Trinajstić information content (AvgIpc) is 2.52. The van der Waals surface area contributed by atoms with Gasteiger partial charge < -0.3 is 4.74 Å². The Bertz CT molecular complexity index is 775. The Kier molecular flexibility index (Phi) is 5.61. The number of ether oxygens (including phenoxy) is 1. The van der Waals surface area contributed by atoms with Gasteiger partial charge in [0.05, 0.1) is 5.56 Å². The summed E-state index contributed by atoms with van der Waals surface area (Å²) in [5, 5.41) is 0. The number of carbonyl (C=O) groups is 1. The van der Waals surface area contributed by atoms with Crippen LogP contribution in [-0.2, 0) is 16.2 Å². The highest BCUT2D eigenvalue weighted by atomic mass is 16.5. The third-order valence-corrected chi connectivity index (χ3v) is 4.83. The van der Waals surface area contributed by atoms with Crippen LogP contribution in [0.2, 0.25) is 0 Å². The quantitative estimate of drug-likeness (QED) is 0.431. The fraction of sp³-hybridized carbons (Fsp3) is 0.480. The molecule has 0 atom stereocenters. The summed E-state index contributed by atoms with van der Waals surface area (Å²) in [7, 11) is 0. The molecule has 0 saturated heterocycles. The lowest BCUT2D eigenvalue weighted by atomic mass is 9.79. The van der Waals surface area contributed by atoms with E-state index in [4.69, 9.17) is 4.74 Å². The van der Waals surface area contributed by atoms with Gasteiger partial charge in [-0.15, -0.1) is 0 Å². The van der Waals surface area contributed by atoms with Crippen LogP contribution >= 0.6 is 0 Å². The van der Waals surface area contributed by atoms with Gasteiger partial charge in [0.1, 0.15) is 5.75 Å². The van der Waals surface area contributed by atoms with Crippen molar-refractivity contribution in [3.05, 3.63) is 64.7 Å². The molecule has 0 N–H and O–H groups in total. The summed E-state index contributed by atoms with van der Waals surface area (Å²) in [5.74, 6) is 0.265. The van der Waals surface area contributed by atoms with Crippen molar-refractivity contribution < 1.29 is 9.53 Å². The van der Waals surface area contributed by atoms with E-state index in [0.717, 1.165) is 11.1 Å². The summed E-state index contributed by atoms with van der Waals surface area (Å²) in [5.41, 5.74) is 4.11. The van der Waals surface area contributed by atoms with Crippen LogP contribution in [0.5, 0.6) is 5.75 Å². The monoisotopic (exact) mass is 366 g/mol. The summed E-state index contributed by atoms with van der Waals surface area (Å²) >= 11 is 0. The molecule has 0 aliphatic rings. The number of hydrogen-bond donors (Lipinski definition) is 0. The van der Waals surface area contributed by atoms with Crippen molar-refractivity contribution in [3.8, 4) is 5.75 Å². The van der Waals surface area contributed by atoms with Gasteiger partial charge in [-0.05, 0) is 57.2 Å². The fourth-order valence-electron chi connectivity index (χ4n) is 2.80. The van der Waals surface area contributed by atoms with Crippen LogP contribution in [0.4, 0.5) is 0 Å². The maximum absolute atomic E-state index is 12.8. The van der Waals surface area contributed by atoms with E-state index in [1.807, 2.05) is 36.4 Å². The zero-order chi connectivity index (χ0) is 20.6. The first-order valence-corrected chi connectivity index (χ1v) is 9.67. The number of benzene rings is 2. The minimum atomic E-state index is -0.310. The van der Waals surface area contributed by atoms with Crippen molar-refractivity contribution in [1.82, 2.24) is 0 Å². The summed E-state index contributed by atoms with van der Waals surface area (Å²) in [6, 6.07) is 13.9. The molecule has 2 aromatic carbocycles. The second-order valence-corrected chi connectivity index (χ2v) is 10.5. The predicted molar refractivity (Wildman–Crippen MR) is 114 cm³/mol. The molecule has 2 rings (SSSR count). The molecule has 0 amide bonds. The standard InChI is InChI=1S/C25H34O2/c1-23(2,3)18-10-12-21(13-11-18)27-22(26)17-14-19(24(4,5)6)16-20(15-17)25(7,8)9/h10-16H,1-9H3. The van der Waals surface area contributed by atoms with E-state index in [1.54, 1.807) is 0 Å². The van der Waals surface area contributed by atoms with E-state index in [1.165, 1.54) is 5.56 Å². The largest absolute Gasteiger partial charge is 0.423 e. The minimum absolute atomic E-state index is 0.0371. The van der Waals surface area contributed by atoms with E-state index in [9.17, 15) is 4.79 Å². The molecule has 2 heteroatoms. The zero-order valence-corrected chi connectivity index (χ0v) is 18.4. The Balaban J connectivity index is 2.35. The van der Waals surface area contributed by atoms with Crippen molar-refractivity contribution in [1.29, 1.82) is 0 Å². The molecule has 2 nitrogen and oxygen atoms in total. The van der Waals surface area contributed by atoms with Gasteiger partial charge in [-0.2, -0.15) is 0 Å². The molecule has 0 bridgehead atoms. The van der Waals surface area contributed by atoms with Gasteiger partial charge in [-0.1, -0.05) is 80.5 Å². The first-order valence-electron chi connectivity index (χ1n) is 9.67. The second-order valence-electron chi connectivity index (χ2n) is 10.5. The molecule has 0 fully saturated rings. The molecule has 0 aliphatic carbocycles. The van der Waals surface area contributed by atoms with Gasteiger partial charge in [0, 0.05) is 0 Å². The Labute approximate surface area is 165 Å². The first kappa shape index (κ1) is 21.2. The van der Waals surface area contributed by atoms with Gasteiger partial charge in [0.15, 0.2) is 0 Å². The van der Waals surface area contributed by atoms with Crippen molar-refractivity contribution in [3.63, 3.8) is 0 Å². The lowest BCUT2D eigenvalue weighted by Crippen LogP contribution is -2.19. The number of rotatable bonds is 2. The predicted octanol–water partition coefficient (Wildman–Crippen LogP) is 6.80. The van der Waals surface area contributed by atoms with E-state index in [2.05, 4.69) is 68.4 Å². The van der Waals surface area contributed by atoms with Crippen molar-refractivity contribution in [2.75, 3.05) is 0 Å². The number of esters is 1. The molecule has 27 heavy (non-hydrogen) atoms. The summed E-state index contributed by atoms with van der Waals surface area (Å²) in [6.07, 6.45) is 0. The van der Waals surface area contributed by atoms with Gasteiger partial charge in [0.25, 0.3) is 0 Å². The van der Waals surface area contributed by atoms with Crippen molar-refractivity contribution in [2.24, 2.45) is 0 Å². The normalized spacial score (nSPS) is 12.8. The van der Waals surface area contributed by atoms with Gasteiger partial charge in [0.2, 0.25) is 0 Å². The maximum Gasteiger partial charge on any atom is 0.343 e. The molecule has 0 spiro atoms.